The van der Waals surface area contributed by atoms with E-state index in [1.165, 1.54) is 6.07 Å². The molecular weight excluding hydrogens is 336 g/mol. The summed E-state index contributed by atoms with van der Waals surface area (Å²) in [6, 6.07) is 8.26. The summed E-state index contributed by atoms with van der Waals surface area (Å²) >= 11 is 3.28. The fourth-order valence-corrected chi connectivity index (χ4v) is 2.62. The molecule has 2 heterocycles. The van der Waals surface area contributed by atoms with Crippen LogP contribution in [-0.2, 0) is 6.42 Å². The van der Waals surface area contributed by atoms with Crippen molar-refractivity contribution in [1.29, 1.82) is 0 Å². The van der Waals surface area contributed by atoms with Crippen molar-refractivity contribution >= 4 is 33.5 Å². The molecule has 0 aliphatic carbocycles. The van der Waals surface area contributed by atoms with E-state index in [2.05, 4.69) is 20.9 Å². The number of carboxylic acid groups (broad SMARTS) is 1. The van der Waals surface area contributed by atoms with Crippen molar-refractivity contribution in [3.63, 3.8) is 0 Å². The Labute approximate surface area is 129 Å². The summed E-state index contributed by atoms with van der Waals surface area (Å²) < 4.78 is 0.812. The number of pyridine rings is 1. The van der Waals surface area contributed by atoms with Gasteiger partial charge in [0.25, 0.3) is 5.91 Å². The first-order chi connectivity index (χ1) is 10.1. The molecule has 0 fully saturated rings. The maximum absolute atomic E-state index is 12.5. The van der Waals surface area contributed by atoms with Crippen molar-refractivity contribution in [3.8, 4) is 0 Å². The largest absolute Gasteiger partial charge is 0.478 e. The van der Waals surface area contributed by atoms with E-state index < -0.39 is 5.97 Å². The monoisotopic (exact) mass is 346 g/mol. The highest BCUT2D eigenvalue weighted by atomic mass is 79.9. The molecule has 6 heteroatoms. The number of carbonyl (C=O) groups is 2. The Bertz CT molecular complexity index is 728. The first kappa shape index (κ1) is 13.8. The molecule has 0 saturated carbocycles. The zero-order valence-electron chi connectivity index (χ0n) is 10.9. The second-order valence-corrected chi connectivity index (χ2v) is 5.63. The minimum absolute atomic E-state index is 0.177. The number of hydrogen-bond acceptors (Lipinski definition) is 3. The van der Waals surface area contributed by atoms with Crippen molar-refractivity contribution in [1.82, 2.24) is 4.98 Å². The summed E-state index contributed by atoms with van der Waals surface area (Å²) in [5.74, 6) is -1.14. The molecule has 21 heavy (non-hydrogen) atoms. The Morgan fingerprint density at radius 3 is 2.71 bits per heavy atom. The van der Waals surface area contributed by atoms with Gasteiger partial charge in [0.1, 0.15) is 5.69 Å². The quantitative estimate of drug-likeness (QED) is 0.907. The van der Waals surface area contributed by atoms with Gasteiger partial charge >= 0.3 is 5.97 Å². The maximum Gasteiger partial charge on any atom is 0.335 e. The van der Waals surface area contributed by atoms with Gasteiger partial charge in [0.2, 0.25) is 0 Å². The first-order valence-corrected chi connectivity index (χ1v) is 7.15. The average molecular weight is 347 g/mol. The van der Waals surface area contributed by atoms with Crippen molar-refractivity contribution in [2.24, 2.45) is 0 Å². The molecule has 3 rings (SSSR count). The molecule has 0 bridgehead atoms. The molecule has 1 amide bonds. The molecule has 0 radical (unpaired) electrons. The lowest BCUT2D eigenvalue weighted by Crippen LogP contribution is -2.29. The van der Waals surface area contributed by atoms with Gasteiger partial charge in [-0.15, -0.1) is 0 Å². The van der Waals surface area contributed by atoms with E-state index in [0.717, 1.165) is 15.7 Å². The van der Waals surface area contributed by atoms with E-state index in [9.17, 15) is 9.59 Å². The van der Waals surface area contributed by atoms with Gasteiger partial charge in [-0.05, 0) is 58.2 Å². The predicted molar refractivity (Wildman–Crippen MR) is 80.7 cm³/mol. The number of anilines is 1. The smallest absolute Gasteiger partial charge is 0.335 e. The number of halogens is 1. The van der Waals surface area contributed by atoms with Crippen molar-refractivity contribution < 1.29 is 14.7 Å². The summed E-state index contributed by atoms with van der Waals surface area (Å²) in [4.78, 5) is 29.2. The zero-order chi connectivity index (χ0) is 15.0. The van der Waals surface area contributed by atoms with Crippen LogP contribution in [0.5, 0.6) is 0 Å². The van der Waals surface area contributed by atoms with E-state index in [-0.39, 0.29) is 11.5 Å². The summed E-state index contributed by atoms with van der Waals surface area (Å²) in [6.45, 7) is 0.537. The molecule has 1 N–H and O–H groups in total. The number of aromatic nitrogens is 1. The molecule has 106 valence electrons. The fraction of sp³-hybridized carbons (Fsp3) is 0.133. The molecule has 0 unspecified atom stereocenters. The number of amides is 1. The minimum atomic E-state index is -0.961. The van der Waals surface area contributed by atoms with Gasteiger partial charge in [0, 0.05) is 22.9 Å². The number of rotatable bonds is 2. The van der Waals surface area contributed by atoms with Gasteiger partial charge in [-0.1, -0.05) is 0 Å². The van der Waals surface area contributed by atoms with Crippen LogP contribution in [0, 0.1) is 0 Å². The third-order valence-corrected chi connectivity index (χ3v) is 3.88. The minimum Gasteiger partial charge on any atom is -0.478 e. The van der Waals surface area contributed by atoms with Crippen LogP contribution >= 0.6 is 15.9 Å². The third kappa shape index (κ3) is 2.54. The lowest BCUT2D eigenvalue weighted by atomic mass is 10.1. The predicted octanol–water partition coefficient (Wildman–Crippen LogP) is 2.75. The zero-order valence-corrected chi connectivity index (χ0v) is 12.5. The number of fused-ring (bicyclic) bond motifs is 1. The normalized spacial score (nSPS) is 13.1. The molecule has 1 aromatic heterocycles. The van der Waals surface area contributed by atoms with Gasteiger partial charge in [-0.2, -0.15) is 0 Å². The van der Waals surface area contributed by atoms with E-state index in [1.807, 2.05) is 0 Å². The third-order valence-electron chi connectivity index (χ3n) is 3.41. The SMILES string of the molecule is O=C(O)c1ccc2c(c1)CCN2C(=O)c1ccc(Br)cn1. The molecule has 0 saturated heterocycles. The second kappa shape index (κ2) is 5.29. The van der Waals surface area contributed by atoms with Crippen LogP contribution in [0.3, 0.4) is 0 Å². The topological polar surface area (TPSA) is 70.5 Å². The van der Waals surface area contributed by atoms with Crippen molar-refractivity contribution in [2.45, 2.75) is 6.42 Å². The molecule has 5 nitrogen and oxygen atoms in total. The Hall–Kier alpha value is -2.21. The summed E-state index contributed by atoms with van der Waals surface area (Å²) in [6.07, 6.45) is 2.23. The van der Waals surface area contributed by atoms with E-state index in [0.29, 0.717) is 18.7 Å². The van der Waals surface area contributed by atoms with Crippen LogP contribution in [0.2, 0.25) is 0 Å². The van der Waals surface area contributed by atoms with Gasteiger partial charge in [-0.3, -0.25) is 4.79 Å². The lowest BCUT2D eigenvalue weighted by molar-refractivity contribution is 0.0696. The number of hydrogen-bond donors (Lipinski definition) is 1. The van der Waals surface area contributed by atoms with Crippen molar-refractivity contribution in [2.75, 3.05) is 11.4 Å². The highest BCUT2D eigenvalue weighted by molar-refractivity contribution is 9.10. The van der Waals surface area contributed by atoms with Crippen LogP contribution in [0.1, 0.15) is 26.4 Å². The second-order valence-electron chi connectivity index (χ2n) is 4.72. The van der Waals surface area contributed by atoms with Gasteiger partial charge < -0.3 is 10.0 Å². The Morgan fingerprint density at radius 2 is 2.05 bits per heavy atom. The summed E-state index contributed by atoms with van der Waals surface area (Å²) in [5.41, 5.74) is 2.24. The number of aromatic carboxylic acids is 1. The van der Waals surface area contributed by atoms with E-state index in [1.54, 1.807) is 35.4 Å². The number of carboxylic acids is 1. The summed E-state index contributed by atoms with van der Waals surface area (Å²) in [7, 11) is 0. The fourth-order valence-electron chi connectivity index (χ4n) is 2.39. The van der Waals surface area contributed by atoms with Crippen molar-refractivity contribution in [3.05, 3.63) is 57.8 Å². The van der Waals surface area contributed by atoms with E-state index >= 15 is 0 Å². The van der Waals surface area contributed by atoms with Crippen LogP contribution in [0.4, 0.5) is 5.69 Å². The Morgan fingerprint density at radius 1 is 1.24 bits per heavy atom. The first-order valence-electron chi connectivity index (χ1n) is 6.36. The van der Waals surface area contributed by atoms with Crippen LogP contribution < -0.4 is 4.90 Å². The Kier molecular flexibility index (Phi) is 3.47. The van der Waals surface area contributed by atoms with Crippen LogP contribution in [0.15, 0.2) is 41.0 Å². The molecular formula is C15H11BrN2O3. The number of nitrogens with zero attached hydrogens (tertiary/aromatic N) is 2. The van der Waals surface area contributed by atoms with Crippen LogP contribution in [0.25, 0.3) is 0 Å². The van der Waals surface area contributed by atoms with Crippen LogP contribution in [-0.4, -0.2) is 28.5 Å². The lowest BCUT2D eigenvalue weighted by Gasteiger charge is -2.16. The molecule has 1 aromatic carbocycles. The van der Waals surface area contributed by atoms with E-state index in [4.69, 9.17) is 5.11 Å². The molecule has 1 aliphatic heterocycles. The molecule has 0 atom stereocenters. The highest BCUT2D eigenvalue weighted by Crippen LogP contribution is 2.30. The van der Waals surface area contributed by atoms with Gasteiger partial charge in [0.15, 0.2) is 0 Å². The summed E-state index contributed by atoms with van der Waals surface area (Å²) in [5, 5.41) is 9.00. The molecule has 2 aromatic rings. The average Bonchev–Trinajstić information content (AvgIpc) is 2.90. The molecule has 1 aliphatic rings. The highest BCUT2D eigenvalue weighted by Gasteiger charge is 2.26. The Balaban J connectivity index is 1.92. The van der Waals surface area contributed by atoms with Gasteiger partial charge in [0.05, 0.1) is 5.56 Å². The maximum atomic E-state index is 12.5. The van der Waals surface area contributed by atoms with Gasteiger partial charge in [-0.25, -0.2) is 9.78 Å². The standard InChI is InChI=1S/C15H11BrN2O3/c16-11-2-3-12(17-8-11)14(19)18-6-5-9-7-10(15(20)21)1-4-13(9)18/h1-4,7-8H,5-6H2,(H,20,21). The number of carbonyl (C=O) groups excluding carboxylic acids is 1. The molecule has 0 spiro atoms. The number of benzene rings is 1.